The van der Waals surface area contributed by atoms with Crippen molar-refractivity contribution in [1.29, 1.82) is 5.26 Å². The van der Waals surface area contributed by atoms with Crippen LogP contribution in [0.25, 0.3) is 0 Å². The number of fused-ring (bicyclic) bond motifs is 1. The first-order valence-electron chi connectivity index (χ1n) is 7.24. The average Bonchev–Trinajstić information content (AvgIpc) is 2.79. The second-order valence-electron chi connectivity index (χ2n) is 5.56. The molecule has 8 heteroatoms. The van der Waals surface area contributed by atoms with E-state index < -0.39 is 18.0 Å². The molecule has 3 rings (SSSR count). The summed E-state index contributed by atoms with van der Waals surface area (Å²) in [6.45, 7) is 3.21. The Morgan fingerprint density at radius 1 is 1.50 bits per heavy atom. The van der Waals surface area contributed by atoms with E-state index in [0.29, 0.717) is 5.69 Å². The van der Waals surface area contributed by atoms with Gasteiger partial charge in [0.25, 0.3) is 0 Å². The summed E-state index contributed by atoms with van der Waals surface area (Å²) in [4.78, 5) is 12.3. The maximum absolute atomic E-state index is 12.3. The Morgan fingerprint density at radius 3 is 2.75 bits per heavy atom. The van der Waals surface area contributed by atoms with Crippen molar-refractivity contribution in [1.82, 2.24) is 9.78 Å². The highest BCUT2D eigenvalue weighted by Crippen LogP contribution is 2.42. The second-order valence-corrected chi connectivity index (χ2v) is 5.56. The van der Waals surface area contributed by atoms with Crippen LogP contribution in [0, 0.1) is 25.2 Å². The van der Waals surface area contributed by atoms with Crippen molar-refractivity contribution in [2.45, 2.75) is 26.4 Å². The number of aromatic nitrogens is 2. The molecular weight excluding hydrogens is 312 g/mol. The first-order chi connectivity index (χ1) is 11.4. The van der Waals surface area contributed by atoms with Gasteiger partial charge in [-0.25, -0.2) is 0 Å². The number of aryl methyl sites for hydroxylation is 2. The van der Waals surface area contributed by atoms with E-state index >= 15 is 0 Å². The maximum atomic E-state index is 12.3. The summed E-state index contributed by atoms with van der Waals surface area (Å²) >= 11 is 0. The average molecular weight is 328 g/mol. The molecule has 2 aromatic rings. The van der Waals surface area contributed by atoms with Crippen LogP contribution in [0.5, 0.6) is 5.75 Å². The standard InChI is InChI=1S/C16H16N4O4/c1-7-12(8(2)20(3)19-7)13-10(5-17)16(18)24-14-11(22)4-9(6-21)23-15(13)14/h4,13,21H,6,18H2,1-3H3/t13-/m0/s1. The minimum Gasteiger partial charge on any atom is -0.458 e. The smallest absolute Gasteiger partial charge is 0.228 e. The molecule has 124 valence electrons. The molecule has 3 heterocycles. The fourth-order valence-electron chi connectivity index (χ4n) is 2.96. The molecule has 0 unspecified atom stereocenters. The van der Waals surface area contributed by atoms with E-state index in [1.165, 1.54) is 0 Å². The summed E-state index contributed by atoms with van der Waals surface area (Å²) in [6, 6.07) is 3.17. The number of nitrogens with zero attached hydrogens (tertiary/aromatic N) is 3. The van der Waals surface area contributed by atoms with Gasteiger partial charge in [0.2, 0.25) is 17.1 Å². The van der Waals surface area contributed by atoms with Gasteiger partial charge in [-0.3, -0.25) is 9.48 Å². The minimum atomic E-state index is -0.716. The van der Waals surface area contributed by atoms with Gasteiger partial charge in [-0.2, -0.15) is 10.4 Å². The van der Waals surface area contributed by atoms with Crippen LogP contribution >= 0.6 is 0 Å². The topological polar surface area (TPSA) is 127 Å². The molecule has 8 nitrogen and oxygen atoms in total. The quantitative estimate of drug-likeness (QED) is 0.830. The third-order valence-corrected chi connectivity index (χ3v) is 4.14. The van der Waals surface area contributed by atoms with Gasteiger partial charge in [-0.15, -0.1) is 0 Å². The molecule has 1 aliphatic heterocycles. The number of nitriles is 1. The Hall–Kier alpha value is -3.05. The normalized spacial score (nSPS) is 16.5. The van der Waals surface area contributed by atoms with Gasteiger partial charge in [0.15, 0.2) is 5.76 Å². The highest BCUT2D eigenvalue weighted by atomic mass is 16.5. The monoisotopic (exact) mass is 328 g/mol. The van der Waals surface area contributed by atoms with Crippen LogP contribution in [-0.2, 0) is 13.7 Å². The van der Waals surface area contributed by atoms with Crippen LogP contribution in [0.1, 0.15) is 34.4 Å². The van der Waals surface area contributed by atoms with E-state index in [4.69, 9.17) is 14.9 Å². The van der Waals surface area contributed by atoms with Gasteiger partial charge < -0.3 is 20.0 Å². The van der Waals surface area contributed by atoms with Gasteiger partial charge in [0, 0.05) is 24.4 Å². The van der Waals surface area contributed by atoms with E-state index in [9.17, 15) is 15.2 Å². The Morgan fingerprint density at radius 2 is 2.21 bits per heavy atom. The number of hydrogen-bond acceptors (Lipinski definition) is 7. The number of rotatable bonds is 2. The molecule has 0 saturated carbocycles. The molecular formula is C16H16N4O4. The molecule has 24 heavy (non-hydrogen) atoms. The SMILES string of the molecule is Cc1nn(C)c(C)c1[C@@H]1C(C#N)=C(N)Oc2c1oc(CO)cc2=O. The number of nitrogens with two attached hydrogens (primary N) is 1. The summed E-state index contributed by atoms with van der Waals surface area (Å²) in [6.07, 6.45) is 0. The van der Waals surface area contributed by atoms with Gasteiger partial charge in [0.1, 0.15) is 24.0 Å². The van der Waals surface area contributed by atoms with E-state index in [0.717, 1.165) is 17.3 Å². The van der Waals surface area contributed by atoms with E-state index in [2.05, 4.69) is 5.10 Å². The van der Waals surface area contributed by atoms with Crippen molar-refractivity contribution in [2.24, 2.45) is 12.8 Å². The molecule has 0 aliphatic carbocycles. The Labute approximate surface area is 137 Å². The molecule has 0 fully saturated rings. The van der Waals surface area contributed by atoms with Crippen molar-refractivity contribution in [3.63, 3.8) is 0 Å². The fraction of sp³-hybridized carbons (Fsp3) is 0.312. The van der Waals surface area contributed by atoms with Gasteiger partial charge >= 0.3 is 0 Å². The zero-order valence-corrected chi connectivity index (χ0v) is 13.5. The lowest BCUT2D eigenvalue weighted by atomic mass is 9.86. The van der Waals surface area contributed by atoms with Crippen LogP contribution in [0.15, 0.2) is 26.7 Å². The molecule has 0 radical (unpaired) electrons. The van der Waals surface area contributed by atoms with Crippen LogP contribution in [0.4, 0.5) is 0 Å². The van der Waals surface area contributed by atoms with Crippen molar-refractivity contribution < 1.29 is 14.3 Å². The van der Waals surface area contributed by atoms with Crippen molar-refractivity contribution in [3.8, 4) is 11.8 Å². The van der Waals surface area contributed by atoms with Gasteiger partial charge in [-0.1, -0.05) is 0 Å². The molecule has 0 aromatic carbocycles. The molecule has 1 aliphatic rings. The molecule has 2 aromatic heterocycles. The summed E-state index contributed by atoms with van der Waals surface area (Å²) in [5, 5.41) is 23.2. The van der Waals surface area contributed by atoms with E-state index in [1.807, 2.05) is 13.0 Å². The fourth-order valence-corrected chi connectivity index (χ4v) is 2.96. The molecule has 0 spiro atoms. The Balaban J connectivity index is 2.37. The van der Waals surface area contributed by atoms with Crippen LogP contribution in [0.2, 0.25) is 0 Å². The first-order valence-corrected chi connectivity index (χ1v) is 7.24. The highest BCUT2D eigenvalue weighted by molar-refractivity contribution is 5.54. The lowest BCUT2D eigenvalue weighted by Crippen LogP contribution is -2.26. The van der Waals surface area contributed by atoms with Crippen LogP contribution < -0.4 is 15.9 Å². The Kier molecular flexibility index (Phi) is 3.66. The second kappa shape index (κ2) is 5.54. The number of allylic oxidation sites excluding steroid dienone is 1. The van der Waals surface area contributed by atoms with E-state index in [1.54, 1.807) is 18.7 Å². The largest absolute Gasteiger partial charge is 0.458 e. The van der Waals surface area contributed by atoms with Gasteiger partial charge in [-0.05, 0) is 13.8 Å². The summed E-state index contributed by atoms with van der Waals surface area (Å²) in [5.41, 5.74) is 7.74. The van der Waals surface area contributed by atoms with Gasteiger partial charge in [0.05, 0.1) is 11.6 Å². The molecule has 0 saturated heterocycles. The molecule has 0 bridgehead atoms. The first kappa shape index (κ1) is 15.8. The molecule has 0 amide bonds. The van der Waals surface area contributed by atoms with Crippen molar-refractivity contribution in [2.75, 3.05) is 0 Å². The van der Waals surface area contributed by atoms with E-state index in [-0.39, 0.29) is 28.7 Å². The zero-order chi connectivity index (χ0) is 17.6. The summed E-state index contributed by atoms with van der Waals surface area (Å²) in [5.74, 6) is -0.689. The summed E-state index contributed by atoms with van der Waals surface area (Å²) in [7, 11) is 1.78. The minimum absolute atomic E-state index is 0.0728. The lowest BCUT2D eigenvalue weighted by Gasteiger charge is -2.25. The molecule has 1 atom stereocenters. The predicted octanol–water partition coefficient (Wildman–Crippen LogP) is 0.701. The lowest BCUT2D eigenvalue weighted by molar-refractivity contribution is 0.231. The third kappa shape index (κ3) is 2.18. The predicted molar refractivity (Wildman–Crippen MR) is 82.9 cm³/mol. The zero-order valence-electron chi connectivity index (χ0n) is 13.5. The van der Waals surface area contributed by atoms with Crippen molar-refractivity contribution in [3.05, 3.63) is 56.2 Å². The van der Waals surface area contributed by atoms with Crippen LogP contribution in [-0.4, -0.2) is 14.9 Å². The number of hydrogen-bond donors (Lipinski definition) is 2. The van der Waals surface area contributed by atoms with Crippen LogP contribution in [0.3, 0.4) is 0 Å². The van der Waals surface area contributed by atoms with Crippen molar-refractivity contribution >= 4 is 0 Å². The molecule has 3 N–H and O–H groups in total. The summed E-state index contributed by atoms with van der Waals surface area (Å²) < 4.78 is 12.6. The highest BCUT2D eigenvalue weighted by Gasteiger charge is 2.38. The number of aliphatic hydroxyl groups excluding tert-OH is 1. The number of ether oxygens (including phenoxy) is 1. The maximum Gasteiger partial charge on any atom is 0.228 e. The number of aliphatic hydroxyl groups is 1. The third-order valence-electron chi connectivity index (χ3n) is 4.14. The Bertz CT molecular complexity index is 962.